The highest BCUT2D eigenvalue weighted by Crippen LogP contribution is 2.26. The summed E-state index contributed by atoms with van der Waals surface area (Å²) < 4.78 is 10.8. The Balaban J connectivity index is 2.59. The Morgan fingerprint density at radius 3 is 2.48 bits per heavy atom. The minimum atomic E-state index is 0.453. The number of rotatable bonds is 8. The molecule has 0 bridgehead atoms. The fraction of sp³-hybridized carbons (Fsp3) is 0.389. The Hall–Kier alpha value is -2.03. The molecule has 0 aliphatic carbocycles. The third-order valence-electron chi connectivity index (χ3n) is 3.13. The van der Waals surface area contributed by atoms with Crippen LogP contribution in [0.2, 0.25) is 0 Å². The van der Waals surface area contributed by atoms with Crippen molar-refractivity contribution in [3.63, 3.8) is 0 Å². The molecule has 0 saturated heterocycles. The highest BCUT2D eigenvalue weighted by Gasteiger charge is 2.08. The highest BCUT2D eigenvalue weighted by atomic mass is 16.5. The van der Waals surface area contributed by atoms with Gasteiger partial charge in [0.1, 0.15) is 18.1 Å². The number of carbonyl (C=O) groups excluding carboxylic acids is 1. The van der Waals surface area contributed by atoms with Gasteiger partial charge in [-0.05, 0) is 51.8 Å². The Kier molecular flexibility index (Phi) is 7.30. The van der Waals surface area contributed by atoms with Crippen molar-refractivity contribution in [1.82, 2.24) is 0 Å². The fourth-order valence-electron chi connectivity index (χ4n) is 1.91. The van der Waals surface area contributed by atoms with Crippen LogP contribution in [0.3, 0.4) is 0 Å². The van der Waals surface area contributed by atoms with Gasteiger partial charge in [-0.25, -0.2) is 0 Å². The van der Waals surface area contributed by atoms with Crippen molar-refractivity contribution in [2.75, 3.05) is 13.7 Å². The average molecular weight is 288 g/mol. The second-order valence-electron chi connectivity index (χ2n) is 5.17. The smallest absolute Gasteiger partial charge is 0.157 e. The maximum atomic E-state index is 11.1. The summed E-state index contributed by atoms with van der Waals surface area (Å²) in [5.74, 6) is 1.09. The zero-order chi connectivity index (χ0) is 15.7. The van der Waals surface area contributed by atoms with Crippen LogP contribution in [0.1, 0.15) is 44.0 Å². The van der Waals surface area contributed by atoms with Crippen LogP contribution in [0.5, 0.6) is 11.5 Å². The van der Waals surface area contributed by atoms with Gasteiger partial charge in [-0.1, -0.05) is 23.3 Å². The maximum absolute atomic E-state index is 11.1. The number of hydrogen-bond donors (Lipinski definition) is 0. The third-order valence-corrected chi connectivity index (χ3v) is 3.13. The second kappa shape index (κ2) is 9.01. The minimum Gasteiger partial charge on any atom is -0.496 e. The lowest BCUT2D eigenvalue weighted by Gasteiger charge is -2.10. The fourth-order valence-corrected chi connectivity index (χ4v) is 1.91. The number of benzene rings is 1. The van der Waals surface area contributed by atoms with Crippen molar-refractivity contribution in [1.29, 1.82) is 0 Å². The van der Waals surface area contributed by atoms with E-state index in [2.05, 4.69) is 26.8 Å². The molecule has 1 rings (SSSR count). The van der Waals surface area contributed by atoms with Gasteiger partial charge in [0.15, 0.2) is 6.29 Å². The molecule has 0 N–H and O–H groups in total. The van der Waals surface area contributed by atoms with E-state index in [4.69, 9.17) is 9.47 Å². The van der Waals surface area contributed by atoms with Gasteiger partial charge in [0.25, 0.3) is 0 Å². The van der Waals surface area contributed by atoms with Crippen molar-refractivity contribution in [2.45, 2.75) is 33.6 Å². The first-order chi connectivity index (χ1) is 10.1. The average Bonchev–Trinajstić information content (AvgIpc) is 2.46. The lowest BCUT2D eigenvalue weighted by molar-refractivity contribution is 0.111. The van der Waals surface area contributed by atoms with E-state index in [1.807, 2.05) is 12.1 Å². The van der Waals surface area contributed by atoms with E-state index in [0.717, 1.165) is 19.1 Å². The highest BCUT2D eigenvalue weighted by molar-refractivity contribution is 5.83. The van der Waals surface area contributed by atoms with Crippen molar-refractivity contribution in [2.24, 2.45) is 0 Å². The van der Waals surface area contributed by atoms with Crippen LogP contribution in [-0.2, 0) is 0 Å². The second-order valence-corrected chi connectivity index (χ2v) is 5.17. The molecule has 3 nitrogen and oxygen atoms in total. The summed E-state index contributed by atoms with van der Waals surface area (Å²) in [6.07, 6.45) is 7.10. The van der Waals surface area contributed by atoms with E-state index < -0.39 is 0 Å². The monoisotopic (exact) mass is 288 g/mol. The molecule has 3 heteroatoms. The predicted molar refractivity (Wildman–Crippen MR) is 86.3 cm³/mol. The van der Waals surface area contributed by atoms with Gasteiger partial charge < -0.3 is 9.47 Å². The molecule has 114 valence electrons. The molecule has 0 atom stereocenters. The molecule has 0 aromatic heterocycles. The van der Waals surface area contributed by atoms with Gasteiger partial charge in [-0.3, -0.25) is 4.79 Å². The van der Waals surface area contributed by atoms with Gasteiger partial charge in [-0.15, -0.1) is 0 Å². The zero-order valence-electron chi connectivity index (χ0n) is 13.3. The molecule has 0 unspecified atom stereocenters. The first kappa shape index (κ1) is 17.0. The molecule has 21 heavy (non-hydrogen) atoms. The van der Waals surface area contributed by atoms with Crippen LogP contribution in [0.15, 0.2) is 41.5 Å². The summed E-state index contributed by atoms with van der Waals surface area (Å²) in [5.41, 5.74) is 3.07. The van der Waals surface area contributed by atoms with Crippen LogP contribution < -0.4 is 9.47 Å². The summed E-state index contributed by atoms with van der Waals surface area (Å²) in [6, 6.07) is 5.34. The SMILES string of the molecule is COc1cccc(OCC=C(C)CCC=C(C)C)c1C=O. The van der Waals surface area contributed by atoms with Crippen LogP contribution in [0.4, 0.5) is 0 Å². The molecule has 0 fully saturated rings. The van der Waals surface area contributed by atoms with Gasteiger partial charge in [-0.2, -0.15) is 0 Å². The topological polar surface area (TPSA) is 35.5 Å². The molecule has 1 aromatic carbocycles. The van der Waals surface area contributed by atoms with Crippen LogP contribution >= 0.6 is 0 Å². The molecule has 0 spiro atoms. The molecule has 0 aliphatic heterocycles. The Morgan fingerprint density at radius 2 is 1.86 bits per heavy atom. The molecule has 1 aromatic rings. The van der Waals surface area contributed by atoms with Gasteiger partial charge in [0.2, 0.25) is 0 Å². The summed E-state index contributed by atoms with van der Waals surface area (Å²) in [6.45, 7) is 6.75. The van der Waals surface area contributed by atoms with Gasteiger partial charge >= 0.3 is 0 Å². The van der Waals surface area contributed by atoms with E-state index in [9.17, 15) is 4.79 Å². The minimum absolute atomic E-state index is 0.453. The standard InChI is InChI=1S/C18H24O3/c1-14(2)7-5-8-15(3)11-12-21-18-10-6-9-17(20-4)16(18)13-19/h6-7,9-11,13H,5,8,12H2,1-4H3. The van der Waals surface area contributed by atoms with Crippen molar-refractivity contribution in [3.8, 4) is 11.5 Å². The first-order valence-electron chi connectivity index (χ1n) is 7.12. The van der Waals surface area contributed by atoms with E-state index in [1.165, 1.54) is 11.1 Å². The van der Waals surface area contributed by atoms with Gasteiger partial charge in [0.05, 0.1) is 12.7 Å². The molecular formula is C18H24O3. The lowest BCUT2D eigenvalue weighted by atomic mass is 10.1. The van der Waals surface area contributed by atoms with E-state index in [1.54, 1.807) is 19.2 Å². The predicted octanol–water partition coefficient (Wildman–Crippen LogP) is 4.58. The van der Waals surface area contributed by atoms with Gasteiger partial charge in [0, 0.05) is 0 Å². The summed E-state index contributed by atoms with van der Waals surface area (Å²) in [5, 5.41) is 0. The summed E-state index contributed by atoms with van der Waals surface area (Å²) >= 11 is 0. The zero-order valence-corrected chi connectivity index (χ0v) is 13.3. The Labute approximate surface area is 127 Å². The van der Waals surface area contributed by atoms with E-state index in [0.29, 0.717) is 23.7 Å². The molecule has 0 radical (unpaired) electrons. The molecular weight excluding hydrogens is 264 g/mol. The number of methoxy groups -OCH3 is 1. The van der Waals surface area contributed by atoms with Crippen molar-refractivity contribution < 1.29 is 14.3 Å². The first-order valence-corrected chi connectivity index (χ1v) is 7.12. The summed E-state index contributed by atoms with van der Waals surface area (Å²) in [4.78, 5) is 11.1. The lowest BCUT2D eigenvalue weighted by Crippen LogP contribution is -2.00. The number of aldehydes is 1. The number of ether oxygens (including phenoxy) is 2. The van der Waals surface area contributed by atoms with Crippen molar-refractivity contribution in [3.05, 3.63) is 47.1 Å². The Bertz CT molecular complexity index is 523. The van der Waals surface area contributed by atoms with E-state index >= 15 is 0 Å². The summed E-state index contributed by atoms with van der Waals surface area (Å²) in [7, 11) is 1.54. The molecule has 0 saturated carbocycles. The van der Waals surface area contributed by atoms with Crippen LogP contribution in [-0.4, -0.2) is 20.0 Å². The van der Waals surface area contributed by atoms with Crippen LogP contribution in [0, 0.1) is 0 Å². The number of allylic oxidation sites excluding steroid dienone is 3. The van der Waals surface area contributed by atoms with Crippen LogP contribution in [0.25, 0.3) is 0 Å². The largest absolute Gasteiger partial charge is 0.496 e. The molecule has 0 heterocycles. The maximum Gasteiger partial charge on any atom is 0.157 e. The number of carbonyl (C=O) groups is 1. The van der Waals surface area contributed by atoms with Crippen molar-refractivity contribution >= 4 is 6.29 Å². The number of hydrogen-bond acceptors (Lipinski definition) is 3. The third kappa shape index (κ3) is 5.86. The molecule has 0 aliphatic rings. The Morgan fingerprint density at radius 1 is 1.14 bits per heavy atom. The molecule has 0 amide bonds. The van der Waals surface area contributed by atoms with E-state index in [-0.39, 0.29) is 0 Å². The normalized spacial score (nSPS) is 11.0. The quantitative estimate of drug-likeness (QED) is 0.519.